The zero-order valence-electron chi connectivity index (χ0n) is 12.3. The monoisotopic (exact) mass is 311 g/mol. The highest BCUT2D eigenvalue weighted by atomic mass is 32.2. The summed E-state index contributed by atoms with van der Waals surface area (Å²) in [6, 6.07) is 4.10. The average Bonchev–Trinajstić information content (AvgIpc) is 2.41. The lowest BCUT2D eigenvalue weighted by Gasteiger charge is -2.29. The number of carboxylic acid groups (broad SMARTS) is 1. The van der Waals surface area contributed by atoms with Crippen LogP contribution in [0.25, 0.3) is 0 Å². The third-order valence-electron chi connectivity index (χ3n) is 4.14. The standard InChI is InChI=1S/C15H21NO4S/c1-10-5-3-4-6-13(10)16-21(19,20)14-9-12(15(17)18)8-7-11(14)2/h7-10,13,16H,3-6H2,1-2H3,(H,17,18). The summed E-state index contributed by atoms with van der Waals surface area (Å²) >= 11 is 0. The molecule has 2 atom stereocenters. The summed E-state index contributed by atoms with van der Waals surface area (Å²) in [7, 11) is -3.69. The van der Waals surface area contributed by atoms with Gasteiger partial charge in [-0.2, -0.15) is 0 Å². The van der Waals surface area contributed by atoms with Gasteiger partial charge in [-0.25, -0.2) is 17.9 Å². The Morgan fingerprint density at radius 1 is 1.29 bits per heavy atom. The minimum absolute atomic E-state index is 0.0160. The molecule has 1 saturated carbocycles. The lowest BCUT2D eigenvalue weighted by Crippen LogP contribution is -2.41. The van der Waals surface area contributed by atoms with Crippen molar-refractivity contribution in [1.82, 2.24) is 4.72 Å². The SMILES string of the molecule is Cc1ccc(C(=O)O)cc1S(=O)(=O)NC1CCCCC1C. The Bertz CT molecular complexity index is 639. The van der Waals surface area contributed by atoms with Gasteiger partial charge < -0.3 is 5.11 Å². The maximum atomic E-state index is 12.5. The molecule has 5 nitrogen and oxygen atoms in total. The molecule has 2 N–H and O–H groups in total. The highest BCUT2D eigenvalue weighted by molar-refractivity contribution is 7.89. The lowest BCUT2D eigenvalue weighted by atomic mass is 9.87. The molecule has 2 unspecified atom stereocenters. The van der Waals surface area contributed by atoms with E-state index < -0.39 is 16.0 Å². The lowest BCUT2D eigenvalue weighted by molar-refractivity contribution is 0.0696. The molecule has 21 heavy (non-hydrogen) atoms. The molecule has 1 fully saturated rings. The highest BCUT2D eigenvalue weighted by Crippen LogP contribution is 2.26. The molecule has 0 amide bonds. The second-order valence-corrected chi connectivity index (χ2v) is 7.46. The van der Waals surface area contributed by atoms with E-state index in [2.05, 4.69) is 4.72 Å². The smallest absolute Gasteiger partial charge is 0.335 e. The fourth-order valence-electron chi connectivity index (χ4n) is 2.78. The molecule has 116 valence electrons. The van der Waals surface area contributed by atoms with Gasteiger partial charge in [-0.3, -0.25) is 0 Å². The number of hydrogen-bond donors (Lipinski definition) is 2. The molecule has 0 heterocycles. The predicted octanol–water partition coefficient (Wildman–Crippen LogP) is 2.55. The van der Waals surface area contributed by atoms with Gasteiger partial charge in [0.05, 0.1) is 10.5 Å². The summed E-state index contributed by atoms with van der Waals surface area (Å²) in [5.41, 5.74) is 0.536. The Morgan fingerprint density at radius 3 is 2.57 bits per heavy atom. The zero-order chi connectivity index (χ0) is 15.6. The number of benzene rings is 1. The van der Waals surface area contributed by atoms with Crippen molar-refractivity contribution in [2.24, 2.45) is 5.92 Å². The molecule has 1 aliphatic rings. The average molecular weight is 311 g/mol. The minimum Gasteiger partial charge on any atom is -0.478 e. The second-order valence-electron chi connectivity index (χ2n) is 5.77. The second kappa shape index (κ2) is 6.15. The molecule has 0 saturated heterocycles. The summed E-state index contributed by atoms with van der Waals surface area (Å²) < 4.78 is 27.8. The largest absolute Gasteiger partial charge is 0.478 e. The van der Waals surface area contributed by atoms with E-state index in [-0.39, 0.29) is 16.5 Å². The number of rotatable bonds is 4. The van der Waals surface area contributed by atoms with Crippen LogP contribution in [0.2, 0.25) is 0 Å². The van der Waals surface area contributed by atoms with E-state index >= 15 is 0 Å². The van der Waals surface area contributed by atoms with Crippen LogP contribution in [-0.4, -0.2) is 25.5 Å². The van der Waals surface area contributed by atoms with Crippen molar-refractivity contribution in [1.29, 1.82) is 0 Å². The number of sulfonamides is 1. The fraction of sp³-hybridized carbons (Fsp3) is 0.533. The summed E-state index contributed by atoms with van der Waals surface area (Å²) in [5, 5.41) is 9.01. The molecule has 1 aromatic carbocycles. The first kappa shape index (κ1) is 16.0. The maximum absolute atomic E-state index is 12.5. The van der Waals surface area contributed by atoms with Crippen LogP contribution in [0.4, 0.5) is 0 Å². The fourth-order valence-corrected chi connectivity index (χ4v) is 4.43. The van der Waals surface area contributed by atoms with E-state index in [4.69, 9.17) is 5.11 Å². The van der Waals surface area contributed by atoms with Gasteiger partial charge in [0.25, 0.3) is 0 Å². The van der Waals surface area contributed by atoms with Crippen LogP contribution in [0.3, 0.4) is 0 Å². The molecule has 0 spiro atoms. The number of carbonyl (C=O) groups is 1. The number of aromatic carboxylic acids is 1. The molecular formula is C15H21NO4S. The molecule has 6 heteroatoms. The van der Waals surface area contributed by atoms with Gasteiger partial charge in [0.15, 0.2) is 0 Å². The van der Waals surface area contributed by atoms with Gasteiger partial charge in [-0.1, -0.05) is 25.8 Å². The number of nitrogens with one attached hydrogen (secondary N) is 1. The first-order valence-corrected chi connectivity index (χ1v) is 8.66. The van der Waals surface area contributed by atoms with E-state index in [0.29, 0.717) is 11.5 Å². The van der Waals surface area contributed by atoms with Crippen molar-refractivity contribution in [2.75, 3.05) is 0 Å². The number of hydrogen-bond acceptors (Lipinski definition) is 3. The zero-order valence-corrected chi connectivity index (χ0v) is 13.1. The summed E-state index contributed by atoms with van der Waals surface area (Å²) in [6.45, 7) is 3.72. The Balaban J connectivity index is 2.30. The molecule has 0 bridgehead atoms. The predicted molar refractivity (Wildman–Crippen MR) is 79.9 cm³/mol. The van der Waals surface area contributed by atoms with Gasteiger partial charge in [-0.15, -0.1) is 0 Å². The van der Waals surface area contributed by atoms with Gasteiger partial charge in [0, 0.05) is 6.04 Å². The molecule has 0 aliphatic heterocycles. The molecule has 0 radical (unpaired) electrons. The summed E-state index contributed by atoms with van der Waals surface area (Å²) in [5.74, 6) is -0.825. The third kappa shape index (κ3) is 3.63. The minimum atomic E-state index is -3.69. The van der Waals surface area contributed by atoms with Crippen LogP contribution in [0.5, 0.6) is 0 Å². The summed E-state index contributed by atoms with van der Waals surface area (Å²) in [6.07, 6.45) is 4.00. The van der Waals surface area contributed by atoms with Gasteiger partial charge in [0.1, 0.15) is 0 Å². The molecule has 1 aromatic rings. The van der Waals surface area contributed by atoms with E-state index in [0.717, 1.165) is 25.7 Å². The Hall–Kier alpha value is -1.40. The van der Waals surface area contributed by atoms with E-state index in [1.807, 2.05) is 6.92 Å². The Morgan fingerprint density at radius 2 is 1.95 bits per heavy atom. The van der Waals surface area contributed by atoms with Crippen LogP contribution < -0.4 is 4.72 Å². The normalized spacial score (nSPS) is 23.0. The number of carboxylic acids is 1. The first-order chi connectivity index (χ1) is 9.81. The van der Waals surface area contributed by atoms with Crippen molar-refractivity contribution in [3.05, 3.63) is 29.3 Å². The van der Waals surface area contributed by atoms with Gasteiger partial charge >= 0.3 is 5.97 Å². The molecule has 1 aliphatic carbocycles. The van der Waals surface area contributed by atoms with E-state index in [9.17, 15) is 13.2 Å². The Kier molecular flexibility index (Phi) is 4.68. The van der Waals surface area contributed by atoms with Gasteiger partial charge in [0.2, 0.25) is 10.0 Å². The topological polar surface area (TPSA) is 83.5 Å². The van der Waals surface area contributed by atoms with Crippen LogP contribution in [0.15, 0.2) is 23.1 Å². The van der Waals surface area contributed by atoms with Crippen molar-refractivity contribution in [3.63, 3.8) is 0 Å². The molecule has 0 aromatic heterocycles. The van der Waals surface area contributed by atoms with Crippen LogP contribution in [-0.2, 0) is 10.0 Å². The van der Waals surface area contributed by atoms with E-state index in [1.54, 1.807) is 6.92 Å². The molecular weight excluding hydrogens is 290 g/mol. The number of aryl methyl sites for hydroxylation is 1. The molecule has 2 rings (SSSR count). The van der Waals surface area contributed by atoms with E-state index in [1.165, 1.54) is 18.2 Å². The van der Waals surface area contributed by atoms with Crippen molar-refractivity contribution >= 4 is 16.0 Å². The Labute approximate surface area is 125 Å². The van der Waals surface area contributed by atoms with Crippen molar-refractivity contribution in [2.45, 2.75) is 50.5 Å². The van der Waals surface area contributed by atoms with Crippen LogP contribution in [0, 0.1) is 12.8 Å². The van der Waals surface area contributed by atoms with Gasteiger partial charge in [-0.05, 0) is 43.4 Å². The summed E-state index contributed by atoms with van der Waals surface area (Å²) in [4.78, 5) is 11.1. The quantitative estimate of drug-likeness (QED) is 0.895. The van der Waals surface area contributed by atoms with Crippen LogP contribution >= 0.6 is 0 Å². The third-order valence-corrected chi connectivity index (χ3v) is 5.77. The van der Waals surface area contributed by atoms with Crippen LogP contribution in [0.1, 0.15) is 48.5 Å². The van der Waals surface area contributed by atoms with Crippen molar-refractivity contribution < 1.29 is 18.3 Å². The van der Waals surface area contributed by atoms with Crippen molar-refractivity contribution in [3.8, 4) is 0 Å². The maximum Gasteiger partial charge on any atom is 0.335 e. The first-order valence-electron chi connectivity index (χ1n) is 7.17. The highest BCUT2D eigenvalue weighted by Gasteiger charge is 2.28.